The molecule has 34 heavy (non-hydrogen) atoms. The first kappa shape index (κ1) is 25.0. The van der Waals surface area contributed by atoms with E-state index in [1.54, 1.807) is 32.6 Å². The molecule has 1 aromatic carbocycles. The molecule has 0 aliphatic rings. The molecule has 9 heteroatoms. The van der Waals surface area contributed by atoms with Gasteiger partial charge in [-0.05, 0) is 44.0 Å². The third-order valence-electron chi connectivity index (χ3n) is 5.31. The van der Waals surface area contributed by atoms with Gasteiger partial charge in [-0.3, -0.25) is 4.79 Å². The minimum absolute atomic E-state index is 0.190. The summed E-state index contributed by atoms with van der Waals surface area (Å²) in [5, 5.41) is 4.91. The number of ether oxygens (including phenoxy) is 3. The van der Waals surface area contributed by atoms with E-state index in [0.29, 0.717) is 42.3 Å². The van der Waals surface area contributed by atoms with E-state index in [2.05, 4.69) is 16.9 Å². The maximum Gasteiger partial charge on any atom is 0.367 e. The summed E-state index contributed by atoms with van der Waals surface area (Å²) >= 11 is 1.22. The highest BCUT2D eigenvalue weighted by Crippen LogP contribution is 2.30. The summed E-state index contributed by atoms with van der Waals surface area (Å²) in [4.78, 5) is 29.4. The van der Waals surface area contributed by atoms with E-state index in [0.717, 1.165) is 17.0 Å². The fourth-order valence-corrected chi connectivity index (χ4v) is 4.29. The van der Waals surface area contributed by atoms with E-state index in [1.807, 2.05) is 35.8 Å². The Balaban J connectivity index is 1.96. The number of methoxy groups -OCH3 is 2. The minimum Gasteiger partial charge on any atom is -0.493 e. The summed E-state index contributed by atoms with van der Waals surface area (Å²) in [7, 11) is 3.21. The number of nitrogens with zero attached hydrogens (tertiary/aromatic N) is 2. The highest BCUT2D eigenvalue weighted by Gasteiger charge is 2.21. The molecular formula is C25H29N3O5S. The van der Waals surface area contributed by atoms with Gasteiger partial charge in [0.1, 0.15) is 0 Å². The number of aryl methyl sites for hydroxylation is 1. The van der Waals surface area contributed by atoms with Crippen LogP contribution < -0.4 is 14.8 Å². The maximum atomic E-state index is 12.8. The van der Waals surface area contributed by atoms with Crippen molar-refractivity contribution in [2.24, 2.45) is 0 Å². The first-order valence-electron chi connectivity index (χ1n) is 10.9. The predicted molar refractivity (Wildman–Crippen MR) is 132 cm³/mol. The van der Waals surface area contributed by atoms with Crippen LogP contribution in [0.5, 0.6) is 11.5 Å². The molecule has 2 aromatic heterocycles. The number of benzene rings is 1. The van der Waals surface area contributed by atoms with E-state index in [9.17, 15) is 9.59 Å². The predicted octanol–water partition coefficient (Wildman–Crippen LogP) is 4.27. The summed E-state index contributed by atoms with van der Waals surface area (Å²) < 4.78 is 17.9. The fraction of sp³-hybridized carbons (Fsp3) is 0.320. The van der Waals surface area contributed by atoms with Crippen molar-refractivity contribution in [2.75, 3.05) is 27.4 Å². The lowest BCUT2D eigenvalue weighted by Gasteiger charge is -2.13. The number of carbonyl (C=O) groups excluding carboxylic acids is 2. The SMILES string of the molecule is C=CCNC(=O)c1cc(-c2csc(C(=O)OCC)n2)n(CCc2ccc(OC)c(OC)c2)c1C. The molecule has 2 heterocycles. The largest absolute Gasteiger partial charge is 0.493 e. The molecule has 0 unspecified atom stereocenters. The van der Waals surface area contributed by atoms with Gasteiger partial charge in [-0.2, -0.15) is 0 Å². The summed E-state index contributed by atoms with van der Waals surface area (Å²) in [6.45, 7) is 8.55. The van der Waals surface area contributed by atoms with Gasteiger partial charge in [0.05, 0.1) is 37.8 Å². The van der Waals surface area contributed by atoms with Gasteiger partial charge in [0.2, 0.25) is 5.01 Å². The Morgan fingerprint density at radius 2 is 1.97 bits per heavy atom. The molecule has 1 amide bonds. The Morgan fingerprint density at radius 1 is 1.21 bits per heavy atom. The zero-order chi connectivity index (χ0) is 24.7. The molecule has 0 bridgehead atoms. The Morgan fingerprint density at radius 3 is 2.65 bits per heavy atom. The highest BCUT2D eigenvalue weighted by atomic mass is 32.1. The Kier molecular flexibility index (Phi) is 8.48. The standard InChI is InChI=1S/C25H29N3O5S/c1-6-11-26-23(29)18-14-20(19-15-34-24(27-19)25(30)33-7-2)28(16(18)3)12-10-17-8-9-21(31-4)22(13-17)32-5/h6,8-9,13-15H,1,7,10-12H2,2-5H3,(H,26,29). The molecule has 0 fully saturated rings. The van der Waals surface area contributed by atoms with E-state index >= 15 is 0 Å². The van der Waals surface area contributed by atoms with E-state index in [1.165, 1.54) is 11.3 Å². The van der Waals surface area contributed by atoms with Crippen molar-refractivity contribution >= 4 is 23.2 Å². The number of rotatable bonds is 11. The van der Waals surface area contributed by atoms with Crippen LogP contribution >= 0.6 is 11.3 Å². The second kappa shape index (κ2) is 11.5. The normalized spacial score (nSPS) is 10.6. The molecule has 0 saturated carbocycles. The molecule has 1 N–H and O–H groups in total. The van der Waals surface area contributed by atoms with Gasteiger partial charge < -0.3 is 24.1 Å². The monoisotopic (exact) mass is 483 g/mol. The molecule has 3 rings (SSSR count). The lowest BCUT2D eigenvalue weighted by Crippen LogP contribution is -2.23. The minimum atomic E-state index is -0.456. The van der Waals surface area contributed by atoms with Gasteiger partial charge in [-0.15, -0.1) is 17.9 Å². The van der Waals surface area contributed by atoms with Crippen molar-refractivity contribution < 1.29 is 23.8 Å². The van der Waals surface area contributed by atoms with Crippen LogP contribution in [0.2, 0.25) is 0 Å². The highest BCUT2D eigenvalue weighted by molar-refractivity contribution is 7.11. The molecule has 0 spiro atoms. The number of esters is 1. The maximum absolute atomic E-state index is 12.8. The van der Waals surface area contributed by atoms with Gasteiger partial charge in [0, 0.05) is 24.2 Å². The van der Waals surface area contributed by atoms with Gasteiger partial charge in [0.15, 0.2) is 11.5 Å². The van der Waals surface area contributed by atoms with E-state index < -0.39 is 5.97 Å². The van der Waals surface area contributed by atoms with Gasteiger partial charge in [0.25, 0.3) is 5.91 Å². The molecule has 0 atom stereocenters. The van der Waals surface area contributed by atoms with Crippen LogP contribution in [-0.2, 0) is 17.7 Å². The average molecular weight is 484 g/mol. The third-order valence-corrected chi connectivity index (χ3v) is 6.13. The zero-order valence-corrected chi connectivity index (χ0v) is 20.7. The Bertz CT molecular complexity index is 1180. The first-order valence-corrected chi connectivity index (χ1v) is 11.7. The average Bonchev–Trinajstić information content (AvgIpc) is 3.46. The lowest BCUT2D eigenvalue weighted by molar-refractivity contribution is 0.0526. The topological polar surface area (TPSA) is 91.7 Å². The number of thiazole rings is 1. The fourth-order valence-electron chi connectivity index (χ4n) is 3.59. The van der Waals surface area contributed by atoms with Crippen LogP contribution in [0.15, 0.2) is 42.3 Å². The molecule has 3 aromatic rings. The second-order valence-corrected chi connectivity index (χ2v) is 8.23. The summed E-state index contributed by atoms with van der Waals surface area (Å²) in [6.07, 6.45) is 2.32. The molecule has 8 nitrogen and oxygen atoms in total. The zero-order valence-electron chi connectivity index (χ0n) is 19.8. The molecular weight excluding hydrogens is 454 g/mol. The number of amides is 1. The summed E-state index contributed by atoms with van der Waals surface area (Å²) in [5.41, 5.74) is 3.79. The molecule has 0 saturated heterocycles. The van der Waals surface area contributed by atoms with Gasteiger partial charge >= 0.3 is 5.97 Å². The van der Waals surface area contributed by atoms with E-state index in [-0.39, 0.29) is 17.5 Å². The van der Waals surface area contributed by atoms with Crippen molar-refractivity contribution in [3.8, 4) is 22.9 Å². The summed E-state index contributed by atoms with van der Waals surface area (Å²) in [6, 6.07) is 7.61. The third kappa shape index (κ3) is 5.48. The second-order valence-electron chi connectivity index (χ2n) is 7.38. The number of hydrogen-bond acceptors (Lipinski definition) is 7. The molecule has 180 valence electrons. The van der Waals surface area contributed by atoms with Crippen LogP contribution in [0.1, 0.15) is 38.3 Å². The molecule has 0 radical (unpaired) electrons. The lowest BCUT2D eigenvalue weighted by atomic mass is 10.1. The van der Waals surface area contributed by atoms with Crippen molar-refractivity contribution in [3.63, 3.8) is 0 Å². The molecule has 0 aliphatic heterocycles. The number of nitrogens with one attached hydrogen (secondary N) is 1. The Labute approximate surface area is 203 Å². The van der Waals surface area contributed by atoms with E-state index in [4.69, 9.17) is 14.2 Å². The number of carbonyl (C=O) groups is 2. The van der Waals surface area contributed by atoms with Crippen molar-refractivity contribution in [2.45, 2.75) is 26.8 Å². The smallest absolute Gasteiger partial charge is 0.367 e. The van der Waals surface area contributed by atoms with Crippen molar-refractivity contribution in [1.29, 1.82) is 0 Å². The number of aromatic nitrogens is 2. The van der Waals surface area contributed by atoms with Crippen LogP contribution in [-0.4, -0.2) is 48.8 Å². The van der Waals surface area contributed by atoms with Crippen molar-refractivity contribution in [1.82, 2.24) is 14.9 Å². The molecule has 0 aliphatic carbocycles. The van der Waals surface area contributed by atoms with Crippen LogP contribution in [0.4, 0.5) is 0 Å². The van der Waals surface area contributed by atoms with Gasteiger partial charge in [-0.25, -0.2) is 9.78 Å². The summed E-state index contributed by atoms with van der Waals surface area (Å²) in [5.74, 6) is 0.680. The first-order chi connectivity index (χ1) is 16.4. The van der Waals surface area contributed by atoms with Crippen LogP contribution in [0.25, 0.3) is 11.4 Å². The van der Waals surface area contributed by atoms with Crippen molar-refractivity contribution in [3.05, 3.63) is 64.1 Å². The van der Waals surface area contributed by atoms with Gasteiger partial charge in [-0.1, -0.05) is 12.1 Å². The van der Waals surface area contributed by atoms with Crippen LogP contribution in [0.3, 0.4) is 0 Å². The van der Waals surface area contributed by atoms with Crippen LogP contribution in [0, 0.1) is 6.92 Å². The number of hydrogen-bond donors (Lipinski definition) is 1. The Hall–Kier alpha value is -3.59. The quantitative estimate of drug-likeness (QED) is 0.323.